The third-order valence-corrected chi connectivity index (χ3v) is 6.12. The minimum atomic E-state index is -0.255. The van der Waals surface area contributed by atoms with Gasteiger partial charge in [-0.1, -0.05) is 31.0 Å². The van der Waals surface area contributed by atoms with Gasteiger partial charge in [-0.15, -0.1) is 0 Å². The molecule has 2 fully saturated rings. The van der Waals surface area contributed by atoms with Crippen LogP contribution < -0.4 is 4.90 Å². The third-order valence-electron chi connectivity index (χ3n) is 6.12. The Hall–Kier alpha value is -1.84. The average molecular weight is 341 g/mol. The van der Waals surface area contributed by atoms with Gasteiger partial charge in [0.25, 0.3) is 0 Å². The summed E-state index contributed by atoms with van der Waals surface area (Å²) in [6.45, 7) is 0.735. The first-order valence-electron chi connectivity index (χ1n) is 9.84. The molecule has 25 heavy (non-hydrogen) atoms. The van der Waals surface area contributed by atoms with Crippen LogP contribution in [0.4, 0.5) is 5.69 Å². The van der Waals surface area contributed by atoms with Crippen molar-refractivity contribution in [2.45, 2.75) is 63.9 Å². The van der Waals surface area contributed by atoms with Crippen LogP contribution in [0.5, 0.6) is 0 Å². The fourth-order valence-electron chi connectivity index (χ4n) is 4.73. The Labute approximate surface area is 149 Å². The molecule has 4 heteroatoms. The molecule has 0 saturated heterocycles. The van der Waals surface area contributed by atoms with Crippen LogP contribution in [-0.2, 0) is 20.7 Å². The van der Waals surface area contributed by atoms with Gasteiger partial charge in [-0.2, -0.15) is 0 Å². The van der Waals surface area contributed by atoms with Crippen molar-refractivity contribution < 1.29 is 14.3 Å². The predicted octanol–water partition coefficient (Wildman–Crippen LogP) is 3.87. The summed E-state index contributed by atoms with van der Waals surface area (Å²) >= 11 is 0. The highest BCUT2D eigenvalue weighted by molar-refractivity contribution is 5.99. The zero-order valence-corrected chi connectivity index (χ0v) is 14.8. The van der Waals surface area contributed by atoms with Crippen molar-refractivity contribution in [2.24, 2.45) is 11.8 Å². The number of hydrogen-bond donors (Lipinski definition) is 0. The molecule has 3 aliphatic rings. The summed E-state index contributed by atoms with van der Waals surface area (Å²) in [5, 5.41) is 0. The monoisotopic (exact) mass is 341 g/mol. The second kappa shape index (κ2) is 7.19. The average Bonchev–Trinajstić information content (AvgIpc) is 3.30. The number of rotatable bonds is 3. The third kappa shape index (κ3) is 3.31. The van der Waals surface area contributed by atoms with Gasteiger partial charge in [-0.05, 0) is 56.6 Å². The quantitative estimate of drug-likeness (QED) is 0.784. The molecular weight excluding hydrogens is 314 g/mol. The van der Waals surface area contributed by atoms with E-state index in [0.29, 0.717) is 0 Å². The molecule has 2 unspecified atom stereocenters. The van der Waals surface area contributed by atoms with Crippen LogP contribution in [0, 0.1) is 11.8 Å². The van der Waals surface area contributed by atoms with Gasteiger partial charge in [-0.3, -0.25) is 9.59 Å². The standard InChI is InChI=1S/C21H27NO3/c23-20(22-14-13-15-7-1-6-12-19(15)22)17-10-4-5-11-18(17)21(24)25-16-8-2-3-9-16/h1,6-7,12,16-18H,2-5,8-11,13-14H2. The maximum atomic E-state index is 13.2. The number of ether oxygens (including phenoxy) is 1. The first-order valence-corrected chi connectivity index (χ1v) is 9.84. The van der Waals surface area contributed by atoms with Gasteiger partial charge in [0.2, 0.25) is 5.91 Å². The van der Waals surface area contributed by atoms with Gasteiger partial charge in [0.1, 0.15) is 6.10 Å². The zero-order chi connectivity index (χ0) is 17.2. The summed E-state index contributed by atoms with van der Waals surface area (Å²) in [6, 6.07) is 8.12. The van der Waals surface area contributed by atoms with E-state index in [9.17, 15) is 9.59 Å². The SMILES string of the molecule is O=C(OC1CCCC1)C1CCCCC1C(=O)N1CCc2ccccc21. The molecule has 134 valence electrons. The Kier molecular flexibility index (Phi) is 4.78. The van der Waals surface area contributed by atoms with E-state index in [-0.39, 0.29) is 29.8 Å². The minimum absolute atomic E-state index is 0.0812. The Morgan fingerprint density at radius 1 is 0.920 bits per heavy atom. The molecule has 4 rings (SSSR count). The Bertz CT molecular complexity index is 650. The van der Waals surface area contributed by atoms with E-state index in [4.69, 9.17) is 4.74 Å². The van der Waals surface area contributed by atoms with E-state index in [1.807, 2.05) is 23.1 Å². The van der Waals surface area contributed by atoms with Crippen LogP contribution in [0.25, 0.3) is 0 Å². The van der Waals surface area contributed by atoms with Gasteiger partial charge in [0.15, 0.2) is 0 Å². The van der Waals surface area contributed by atoms with Crippen molar-refractivity contribution in [3.8, 4) is 0 Å². The lowest BCUT2D eigenvalue weighted by Crippen LogP contribution is -2.43. The van der Waals surface area contributed by atoms with Crippen LogP contribution >= 0.6 is 0 Å². The highest BCUT2D eigenvalue weighted by Crippen LogP contribution is 2.37. The van der Waals surface area contributed by atoms with Gasteiger partial charge in [-0.25, -0.2) is 0 Å². The van der Waals surface area contributed by atoms with Crippen LogP contribution in [-0.4, -0.2) is 24.5 Å². The van der Waals surface area contributed by atoms with Gasteiger partial charge < -0.3 is 9.64 Å². The number of nitrogens with zero attached hydrogens (tertiary/aromatic N) is 1. The van der Waals surface area contributed by atoms with Gasteiger partial charge >= 0.3 is 5.97 Å². The summed E-state index contributed by atoms with van der Waals surface area (Å²) in [4.78, 5) is 27.9. The molecule has 1 aromatic carbocycles. The van der Waals surface area contributed by atoms with Crippen molar-refractivity contribution in [3.63, 3.8) is 0 Å². The number of esters is 1. The fourth-order valence-corrected chi connectivity index (χ4v) is 4.73. The number of benzene rings is 1. The molecule has 4 nitrogen and oxygen atoms in total. The molecule has 0 spiro atoms. The largest absolute Gasteiger partial charge is 0.462 e. The van der Waals surface area contributed by atoms with Crippen molar-refractivity contribution in [1.29, 1.82) is 0 Å². The first-order chi connectivity index (χ1) is 12.2. The minimum Gasteiger partial charge on any atom is -0.462 e. The van der Waals surface area contributed by atoms with E-state index in [1.54, 1.807) is 0 Å². The second-order valence-corrected chi connectivity index (χ2v) is 7.71. The Balaban J connectivity index is 1.49. The smallest absolute Gasteiger partial charge is 0.310 e. The topological polar surface area (TPSA) is 46.6 Å². The lowest BCUT2D eigenvalue weighted by Gasteiger charge is -2.32. The number of hydrogen-bond acceptors (Lipinski definition) is 3. The van der Waals surface area contributed by atoms with Crippen molar-refractivity contribution >= 4 is 17.6 Å². The lowest BCUT2D eigenvalue weighted by atomic mass is 9.78. The summed E-state index contributed by atoms with van der Waals surface area (Å²) in [6.07, 6.45) is 8.89. The molecule has 0 radical (unpaired) electrons. The molecular formula is C21H27NO3. The fraction of sp³-hybridized carbons (Fsp3) is 0.619. The van der Waals surface area contributed by atoms with E-state index < -0.39 is 0 Å². The maximum absolute atomic E-state index is 13.2. The van der Waals surface area contributed by atoms with E-state index >= 15 is 0 Å². The van der Waals surface area contributed by atoms with E-state index in [1.165, 1.54) is 5.56 Å². The Morgan fingerprint density at radius 3 is 2.40 bits per heavy atom. The molecule has 0 aromatic heterocycles. The van der Waals surface area contributed by atoms with Crippen molar-refractivity contribution in [2.75, 3.05) is 11.4 Å². The Morgan fingerprint density at radius 2 is 1.60 bits per heavy atom. The zero-order valence-electron chi connectivity index (χ0n) is 14.8. The number of para-hydroxylation sites is 1. The summed E-state index contributed by atoms with van der Waals surface area (Å²) in [7, 11) is 0. The van der Waals surface area contributed by atoms with Crippen molar-refractivity contribution in [1.82, 2.24) is 0 Å². The molecule has 2 atom stereocenters. The number of anilines is 1. The van der Waals surface area contributed by atoms with Gasteiger partial charge in [0.05, 0.1) is 11.8 Å². The van der Waals surface area contributed by atoms with Crippen LogP contribution in [0.3, 0.4) is 0 Å². The second-order valence-electron chi connectivity index (χ2n) is 7.71. The summed E-state index contributed by atoms with van der Waals surface area (Å²) < 4.78 is 5.75. The number of carbonyl (C=O) groups excluding carboxylic acids is 2. The summed E-state index contributed by atoms with van der Waals surface area (Å²) in [5.74, 6) is -0.473. The predicted molar refractivity (Wildman–Crippen MR) is 96.3 cm³/mol. The highest BCUT2D eigenvalue weighted by atomic mass is 16.5. The van der Waals surface area contributed by atoms with Crippen LogP contribution in [0.15, 0.2) is 24.3 Å². The molecule has 2 aliphatic carbocycles. The highest BCUT2D eigenvalue weighted by Gasteiger charge is 2.41. The van der Waals surface area contributed by atoms with E-state index in [2.05, 4.69) is 6.07 Å². The number of amides is 1. The molecule has 1 heterocycles. The van der Waals surface area contributed by atoms with E-state index in [0.717, 1.165) is 70.0 Å². The molecule has 2 saturated carbocycles. The summed E-state index contributed by atoms with van der Waals surface area (Å²) in [5.41, 5.74) is 2.26. The normalized spacial score (nSPS) is 26.5. The molecule has 1 aromatic rings. The molecule has 1 amide bonds. The molecule has 0 N–H and O–H groups in total. The lowest BCUT2D eigenvalue weighted by molar-refractivity contribution is -0.159. The number of carbonyl (C=O) groups is 2. The van der Waals surface area contributed by atoms with Crippen LogP contribution in [0.2, 0.25) is 0 Å². The molecule has 0 bridgehead atoms. The van der Waals surface area contributed by atoms with Crippen molar-refractivity contribution in [3.05, 3.63) is 29.8 Å². The van der Waals surface area contributed by atoms with Gasteiger partial charge in [0, 0.05) is 12.2 Å². The maximum Gasteiger partial charge on any atom is 0.310 e. The first kappa shape index (κ1) is 16.6. The van der Waals surface area contributed by atoms with Crippen LogP contribution in [0.1, 0.15) is 56.9 Å². The number of fused-ring (bicyclic) bond motifs is 1. The molecule has 1 aliphatic heterocycles.